The van der Waals surface area contributed by atoms with Crippen LogP contribution in [0.5, 0.6) is 0 Å². The van der Waals surface area contributed by atoms with Gasteiger partial charge in [-0.25, -0.2) is 4.98 Å². The van der Waals surface area contributed by atoms with Gasteiger partial charge in [-0.05, 0) is 31.4 Å². The number of hydrogen-bond donors (Lipinski definition) is 0. The van der Waals surface area contributed by atoms with E-state index in [0.29, 0.717) is 13.0 Å². The minimum atomic E-state index is -0.188. The lowest BCUT2D eigenvalue weighted by atomic mass is 10.2. The van der Waals surface area contributed by atoms with Crippen LogP contribution in [0.1, 0.15) is 17.8 Å². The monoisotopic (exact) mass is 346 g/mol. The Morgan fingerprint density at radius 2 is 2.17 bits per heavy atom. The molecule has 0 aromatic carbocycles. The van der Waals surface area contributed by atoms with Crippen LogP contribution in [-0.2, 0) is 16.1 Å². The Bertz CT molecular complexity index is 816. The van der Waals surface area contributed by atoms with Crippen LogP contribution < -0.4 is 0 Å². The number of carbonyl (C=O) groups is 1. The number of hydrogen-bond acceptors (Lipinski definition) is 5. The first-order chi connectivity index (χ1) is 11.1. The molecule has 0 bridgehead atoms. The number of aromatic nitrogens is 2. The number of esters is 1. The molecule has 0 radical (unpaired) electrons. The minimum Gasteiger partial charge on any atom is -0.469 e. The highest BCUT2D eigenvalue weighted by Crippen LogP contribution is 2.32. The molecule has 4 nitrogen and oxygen atoms in total. The average molecular weight is 346 g/mol. The molecule has 0 N–H and O–H groups in total. The van der Waals surface area contributed by atoms with Gasteiger partial charge in [-0.15, -0.1) is 11.3 Å². The average Bonchev–Trinajstić information content (AvgIpc) is 3.26. The fourth-order valence-electron chi connectivity index (χ4n) is 2.63. The third-order valence-corrected chi connectivity index (χ3v) is 5.46. The first-order valence-corrected chi connectivity index (χ1v) is 9.14. The second-order valence-corrected chi connectivity index (χ2v) is 6.95. The van der Waals surface area contributed by atoms with E-state index in [0.717, 1.165) is 27.7 Å². The van der Waals surface area contributed by atoms with Gasteiger partial charge >= 0.3 is 5.97 Å². The van der Waals surface area contributed by atoms with E-state index in [1.54, 1.807) is 22.7 Å². The highest BCUT2D eigenvalue weighted by molar-refractivity contribution is 7.14. The van der Waals surface area contributed by atoms with Crippen molar-refractivity contribution < 1.29 is 9.53 Å². The van der Waals surface area contributed by atoms with Crippen LogP contribution in [0.15, 0.2) is 28.3 Å². The third kappa shape index (κ3) is 3.23. The van der Waals surface area contributed by atoms with Crippen LogP contribution in [-0.4, -0.2) is 22.6 Å². The van der Waals surface area contributed by atoms with E-state index in [1.807, 2.05) is 0 Å². The lowest BCUT2D eigenvalue weighted by Gasteiger charge is -2.08. The maximum Gasteiger partial charge on any atom is 0.307 e. The summed E-state index contributed by atoms with van der Waals surface area (Å²) in [5.74, 6) is -0.188. The Labute approximate surface area is 143 Å². The van der Waals surface area contributed by atoms with Gasteiger partial charge in [0.05, 0.1) is 19.2 Å². The smallest absolute Gasteiger partial charge is 0.307 e. The minimum absolute atomic E-state index is 0.188. The van der Waals surface area contributed by atoms with E-state index in [4.69, 9.17) is 9.72 Å². The molecule has 23 heavy (non-hydrogen) atoms. The number of ether oxygens (including phenoxy) is 1. The molecule has 0 aliphatic rings. The highest BCUT2D eigenvalue weighted by atomic mass is 32.1. The molecule has 3 heterocycles. The zero-order chi connectivity index (χ0) is 16.4. The quantitative estimate of drug-likeness (QED) is 0.638. The number of thiophene rings is 1. The maximum absolute atomic E-state index is 11.4. The van der Waals surface area contributed by atoms with Gasteiger partial charge in [-0.3, -0.25) is 4.79 Å². The highest BCUT2D eigenvalue weighted by Gasteiger charge is 2.15. The van der Waals surface area contributed by atoms with E-state index in [-0.39, 0.29) is 5.97 Å². The summed E-state index contributed by atoms with van der Waals surface area (Å²) in [7, 11) is 1.42. The summed E-state index contributed by atoms with van der Waals surface area (Å²) in [5.41, 5.74) is 5.56. The molecule has 0 aliphatic carbocycles. The van der Waals surface area contributed by atoms with Crippen molar-refractivity contribution >= 4 is 28.6 Å². The molecule has 6 heteroatoms. The Hall–Kier alpha value is -1.92. The number of carbonyl (C=O) groups excluding carboxylic acids is 1. The lowest BCUT2D eigenvalue weighted by Crippen LogP contribution is -2.09. The van der Waals surface area contributed by atoms with Gasteiger partial charge < -0.3 is 9.30 Å². The number of thiazole rings is 1. The van der Waals surface area contributed by atoms with E-state index in [9.17, 15) is 4.79 Å². The van der Waals surface area contributed by atoms with Gasteiger partial charge in [-0.1, -0.05) is 0 Å². The van der Waals surface area contributed by atoms with E-state index < -0.39 is 0 Å². The molecule has 3 aromatic heterocycles. The zero-order valence-electron chi connectivity index (χ0n) is 13.3. The van der Waals surface area contributed by atoms with Crippen molar-refractivity contribution in [3.8, 4) is 21.8 Å². The Morgan fingerprint density at radius 1 is 1.35 bits per heavy atom. The van der Waals surface area contributed by atoms with Crippen molar-refractivity contribution in [3.63, 3.8) is 0 Å². The van der Waals surface area contributed by atoms with E-state index in [1.165, 1.54) is 12.7 Å². The standard InChI is InChI=1S/C17H18N2O2S2/c1-11-8-14(12(2)19(11)6-4-16(20)21-3)15-10-23-17(18-15)13-5-7-22-9-13/h5,7-10H,4,6H2,1-3H3. The van der Waals surface area contributed by atoms with Gasteiger partial charge in [0, 0.05) is 39.8 Å². The first kappa shape index (κ1) is 16.0. The van der Waals surface area contributed by atoms with Crippen molar-refractivity contribution in [1.82, 2.24) is 9.55 Å². The van der Waals surface area contributed by atoms with Crippen molar-refractivity contribution in [2.45, 2.75) is 26.8 Å². The van der Waals surface area contributed by atoms with Crippen molar-refractivity contribution in [2.75, 3.05) is 7.11 Å². The molecule has 0 atom stereocenters. The summed E-state index contributed by atoms with van der Waals surface area (Å²) in [6.07, 6.45) is 0.378. The van der Waals surface area contributed by atoms with Crippen LogP contribution in [0, 0.1) is 13.8 Å². The van der Waals surface area contributed by atoms with Crippen molar-refractivity contribution in [1.29, 1.82) is 0 Å². The molecule has 120 valence electrons. The topological polar surface area (TPSA) is 44.1 Å². The van der Waals surface area contributed by atoms with Crippen LogP contribution >= 0.6 is 22.7 Å². The predicted octanol–water partition coefficient (Wildman–Crippen LogP) is 4.52. The summed E-state index contributed by atoms with van der Waals surface area (Å²) in [5, 5.41) is 7.32. The van der Waals surface area contributed by atoms with Gasteiger partial charge in [0.15, 0.2) is 0 Å². The van der Waals surface area contributed by atoms with E-state index >= 15 is 0 Å². The summed E-state index contributed by atoms with van der Waals surface area (Å²) >= 11 is 3.34. The largest absolute Gasteiger partial charge is 0.469 e. The zero-order valence-corrected chi connectivity index (χ0v) is 15.0. The van der Waals surface area contributed by atoms with E-state index in [2.05, 4.69) is 46.7 Å². The Kier molecular flexibility index (Phi) is 4.63. The van der Waals surface area contributed by atoms with Crippen molar-refractivity contribution in [3.05, 3.63) is 39.7 Å². The van der Waals surface area contributed by atoms with Gasteiger partial charge in [-0.2, -0.15) is 11.3 Å². The maximum atomic E-state index is 11.4. The SMILES string of the molecule is COC(=O)CCn1c(C)cc(-c2csc(-c3ccsc3)n2)c1C. The molecular weight excluding hydrogens is 328 g/mol. The van der Waals surface area contributed by atoms with Crippen molar-refractivity contribution in [2.24, 2.45) is 0 Å². The third-order valence-electron chi connectivity index (χ3n) is 3.89. The molecule has 0 unspecified atom stereocenters. The predicted molar refractivity (Wildman–Crippen MR) is 95.0 cm³/mol. The second kappa shape index (κ2) is 6.68. The molecule has 0 saturated carbocycles. The molecule has 3 rings (SSSR count). The molecule has 0 fully saturated rings. The summed E-state index contributed by atoms with van der Waals surface area (Å²) in [4.78, 5) is 16.1. The number of aryl methyl sites for hydroxylation is 1. The number of nitrogens with zero attached hydrogens (tertiary/aromatic N) is 2. The van der Waals surface area contributed by atoms with Gasteiger partial charge in [0.25, 0.3) is 0 Å². The van der Waals surface area contributed by atoms with Gasteiger partial charge in [0.1, 0.15) is 5.01 Å². The number of rotatable bonds is 5. The summed E-state index contributed by atoms with van der Waals surface area (Å²) in [6.45, 7) is 4.76. The molecule has 3 aromatic rings. The lowest BCUT2D eigenvalue weighted by molar-refractivity contribution is -0.140. The molecular formula is C17H18N2O2S2. The number of methoxy groups -OCH3 is 1. The summed E-state index contributed by atoms with van der Waals surface area (Å²) < 4.78 is 6.87. The molecule has 0 saturated heterocycles. The molecule has 0 spiro atoms. The van der Waals surface area contributed by atoms with Crippen LogP contribution in [0.25, 0.3) is 21.8 Å². The second-order valence-electron chi connectivity index (χ2n) is 5.31. The Balaban J connectivity index is 1.88. The van der Waals surface area contributed by atoms with Gasteiger partial charge in [0.2, 0.25) is 0 Å². The fraction of sp³-hybridized carbons (Fsp3) is 0.294. The summed E-state index contributed by atoms with van der Waals surface area (Å²) in [6, 6.07) is 4.23. The fourth-order valence-corrected chi connectivity index (χ4v) is 4.16. The first-order valence-electron chi connectivity index (χ1n) is 7.32. The normalized spacial score (nSPS) is 10.9. The Morgan fingerprint density at radius 3 is 2.87 bits per heavy atom. The van der Waals surface area contributed by atoms with Crippen LogP contribution in [0.4, 0.5) is 0 Å². The molecule has 0 amide bonds. The van der Waals surface area contributed by atoms with Crippen LogP contribution in [0.3, 0.4) is 0 Å². The molecule has 0 aliphatic heterocycles. The van der Waals surface area contributed by atoms with Crippen LogP contribution in [0.2, 0.25) is 0 Å².